The quantitative estimate of drug-likeness (QED) is 0.180. The molecule has 0 unspecified atom stereocenters. The highest BCUT2D eigenvalue weighted by Gasteiger charge is 2.38. The molecule has 0 saturated carbocycles. The van der Waals surface area contributed by atoms with Crippen molar-refractivity contribution in [2.45, 2.75) is 19.6 Å². The third-order valence-electron chi connectivity index (χ3n) is 7.29. The lowest BCUT2D eigenvalue weighted by atomic mass is 9.82. The van der Waals surface area contributed by atoms with Crippen molar-refractivity contribution in [3.63, 3.8) is 0 Å². The summed E-state index contributed by atoms with van der Waals surface area (Å²) in [7, 11) is 0. The van der Waals surface area contributed by atoms with E-state index in [1.165, 1.54) is 23.5 Å². The van der Waals surface area contributed by atoms with Crippen molar-refractivity contribution in [1.29, 1.82) is 0 Å². The monoisotopic (exact) mass is 606 g/mol. The van der Waals surface area contributed by atoms with Gasteiger partial charge in [-0.15, -0.1) is 0 Å². The fraction of sp³-hybridized carbons (Fsp3) is 0. The van der Waals surface area contributed by atoms with Crippen LogP contribution >= 0.6 is 23.5 Å². The van der Waals surface area contributed by atoms with Gasteiger partial charge >= 0.3 is 0 Å². The topological polar surface area (TPSA) is 58.2 Å². The lowest BCUT2D eigenvalue weighted by molar-refractivity contribution is 0.0976. The lowest BCUT2D eigenvalue weighted by Crippen LogP contribution is -2.25. The number of ketones is 2. The summed E-state index contributed by atoms with van der Waals surface area (Å²) in [6.45, 7) is 0. The Morgan fingerprint density at radius 1 is 0.364 bits per heavy atom. The van der Waals surface area contributed by atoms with Crippen LogP contribution in [0.15, 0.2) is 165 Å². The van der Waals surface area contributed by atoms with Gasteiger partial charge in [0.1, 0.15) is 0 Å². The van der Waals surface area contributed by atoms with Gasteiger partial charge in [0, 0.05) is 42.1 Å². The fourth-order valence-corrected chi connectivity index (χ4v) is 7.26. The number of carbonyl (C=O) groups excluding carboxylic acids is 2. The van der Waals surface area contributed by atoms with Crippen molar-refractivity contribution in [3.8, 4) is 0 Å². The molecule has 1 aliphatic rings. The number of hydrogen-bond acceptors (Lipinski definition) is 6. The minimum absolute atomic E-state index is 0.182. The molecule has 44 heavy (non-hydrogen) atoms. The summed E-state index contributed by atoms with van der Waals surface area (Å²) in [4.78, 5) is 33.1. The molecule has 0 saturated heterocycles. The average Bonchev–Trinajstić information content (AvgIpc) is 3.06. The molecule has 0 bridgehead atoms. The van der Waals surface area contributed by atoms with Crippen LogP contribution in [0.1, 0.15) is 31.8 Å². The Morgan fingerprint density at radius 2 is 0.705 bits per heavy atom. The third-order valence-corrected chi connectivity index (χ3v) is 9.43. The van der Waals surface area contributed by atoms with Gasteiger partial charge in [-0.2, -0.15) is 0 Å². The van der Waals surface area contributed by atoms with E-state index >= 15 is 0 Å². The molecular weight excluding hydrogens is 581 g/mol. The summed E-state index contributed by atoms with van der Waals surface area (Å²) < 4.78 is 0. The molecule has 0 amide bonds. The normalized spacial score (nSPS) is 11.9. The van der Waals surface area contributed by atoms with Crippen molar-refractivity contribution in [1.82, 2.24) is 0 Å². The zero-order valence-electron chi connectivity index (χ0n) is 23.5. The zero-order chi connectivity index (χ0) is 29.9. The second kappa shape index (κ2) is 12.3. The van der Waals surface area contributed by atoms with E-state index < -0.39 is 0 Å². The van der Waals surface area contributed by atoms with Crippen molar-refractivity contribution >= 4 is 57.8 Å². The van der Waals surface area contributed by atoms with Crippen molar-refractivity contribution in [3.05, 3.63) is 168 Å². The molecule has 0 fully saturated rings. The van der Waals surface area contributed by atoms with Crippen LogP contribution in [0.5, 0.6) is 0 Å². The molecule has 0 aromatic heterocycles. The molecule has 6 aromatic rings. The van der Waals surface area contributed by atoms with Gasteiger partial charge in [0.25, 0.3) is 0 Å². The van der Waals surface area contributed by atoms with E-state index in [2.05, 4.69) is 10.6 Å². The van der Waals surface area contributed by atoms with E-state index in [0.717, 1.165) is 31.0 Å². The van der Waals surface area contributed by atoms with Crippen LogP contribution in [0.2, 0.25) is 0 Å². The molecule has 0 heterocycles. The fourth-order valence-electron chi connectivity index (χ4n) is 5.30. The number of hydrogen-bond donors (Lipinski definition) is 2. The molecule has 0 radical (unpaired) electrons. The van der Waals surface area contributed by atoms with Gasteiger partial charge in [-0.3, -0.25) is 9.59 Å². The minimum Gasteiger partial charge on any atom is -0.355 e. The van der Waals surface area contributed by atoms with E-state index in [-0.39, 0.29) is 11.6 Å². The smallest absolute Gasteiger partial charge is 0.197 e. The first-order chi connectivity index (χ1) is 21.7. The highest BCUT2D eigenvalue weighted by Crippen LogP contribution is 2.46. The van der Waals surface area contributed by atoms with E-state index in [4.69, 9.17) is 0 Å². The lowest BCUT2D eigenvalue weighted by Gasteiger charge is -2.27. The standard InChI is InChI=1S/C38H26N2O2S2/c41-37-33-29(39-25-13-5-1-6-14-25)21-23-31(43-27-17-9-3-10-18-27)35(33)38(42)34-30(40-26-15-7-2-8-16-26)22-24-32(36(34)37)44-28-19-11-4-12-20-28/h1-24,39-40H. The SMILES string of the molecule is O=C1c2c(Nc3ccccc3)ccc(Sc3ccccc3)c2C(=O)c2c(Nc3ccccc3)ccc(Sc3ccccc3)c21. The van der Waals surface area contributed by atoms with E-state index in [9.17, 15) is 9.59 Å². The first-order valence-electron chi connectivity index (χ1n) is 14.2. The second-order valence-electron chi connectivity index (χ2n) is 10.2. The van der Waals surface area contributed by atoms with Gasteiger partial charge in [0.05, 0.1) is 22.5 Å². The summed E-state index contributed by atoms with van der Waals surface area (Å²) in [5.41, 5.74) is 4.48. The molecule has 212 valence electrons. The van der Waals surface area contributed by atoms with Crippen molar-refractivity contribution < 1.29 is 9.59 Å². The second-order valence-corrected chi connectivity index (χ2v) is 12.4. The summed E-state index contributed by atoms with van der Waals surface area (Å²) in [5.74, 6) is -0.364. The van der Waals surface area contributed by atoms with E-state index in [1.54, 1.807) is 0 Å². The highest BCUT2D eigenvalue weighted by molar-refractivity contribution is 7.99. The predicted octanol–water partition coefficient (Wildman–Crippen LogP) is 10.3. The van der Waals surface area contributed by atoms with Crippen LogP contribution in [0, 0.1) is 0 Å². The Bertz CT molecular complexity index is 1690. The number of benzene rings is 6. The molecule has 0 spiro atoms. The van der Waals surface area contributed by atoms with Crippen molar-refractivity contribution in [2.24, 2.45) is 0 Å². The maximum Gasteiger partial charge on any atom is 0.197 e. The Hall–Kier alpha value is -5.04. The van der Waals surface area contributed by atoms with Gasteiger partial charge in [-0.1, -0.05) is 96.3 Å². The molecule has 0 aliphatic heterocycles. The van der Waals surface area contributed by atoms with Gasteiger partial charge in [-0.25, -0.2) is 0 Å². The molecule has 0 atom stereocenters. The van der Waals surface area contributed by atoms with Crippen LogP contribution in [0.4, 0.5) is 22.7 Å². The molecule has 7 rings (SSSR count). The summed E-state index contributed by atoms with van der Waals surface area (Å²) >= 11 is 2.98. The maximum atomic E-state index is 14.8. The first kappa shape index (κ1) is 27.8. The maximum absolute atomic E-state index is 14.8. The average molecular weight is 607 g/mol. The Morgan fingerprint density at radius 3 is 1.07 bits per heavy atom. The molecule has 6 aromatic carbocycles. The molecule has 4 nitrogen and oxygen atoms in total. The van der Waals surface area contributed by atoms with Gasteiger partial charge in [-0.05, 0) is 72.8 Å². The van der Waals surface area contributed by atoms with Gasteiger partial charge in [0.2, 0.25) is 0 Å². The van der Waals surface area contributed by atoms with Crippen LogP contribution in [0.3, 0.4) is 0 Å². The largest absolute Gasteiger partial charge is 0.355 e. The summed E-state index contributed by atoms with van der Waals surface area (Å²) in [6.07, 6.45) is 0. The van der Waals surface area contributed by atoms with Crippen molar-refractivity contribution in [2.75, 3.05) is 10.6 Å². The summed E-state index contributed by atoms with van der Waals surface area (Å²) in [6, 6.07) is 46.9. The highest BCUT2D eigenvalue weighted by atomic mass is 32.2. The number of para-hydroxylation sites is 2. The van der Waals surface area contributed by atoms with Crippen LogP contribution in [-0.4, -0.2) is 11.6 Å². The van der Waals surface area contributed by atoms with E-state index in [1.807, 2.05) is 146 Å². The number of carbonyl (C=O) groups is 2. The predicted molar refractivity (Wildman–Crippen MR) is 180 cm³/mol. The first-order valence-corrected chi connectivity index (χ1v) is 15.8. The third kappa shape index (κ3) is 5.53. The van der Waals surface area contributed by atoms with E-state index in [0.29, 0.717) is 33.6 Å². The number of rotatable bonds is 8. The Kier molecular flexibility index (Phi) is 7.76. The number of anilines is 4. The zero-order valence-corrected chi connectivity index (χ0v) is 25.1. The van der Waals surface area contributed by atoms with Crippen LogP contribution < -0.4 is 10.6 Å². The molecule has 6 heteroatoms. The Labute approximate surface area is 264 Å². The minimum atomic E-state index is -0.182. The number of fused-ring (bicyclic) bond motifs is 2. The molecule has 2 N–H and O–H groups in total. The molecular formula is C38H26N2O2S2. The van der Waals surface area contributed by atoms with Gasteiger partial charge < -0.3 is 10.6 Å². The van der Waals surface area contributed by atoms with Crippen LogP contribution in [-0.2, 0) is 0 Å². The molecule has 1 aliphatic carbocycles. The number of nitrogens with one attached hydrogen (secondary N) is 2. The summed E-state index contributed by atoms with van der Waals surface area (Å²) in [5, 5.41) is 6.85. The van der Waals surface area contributed by atoms with Gasteiger partial charge in [0.15, 0.2) is 11.6 Å². The van der Waals surface area contributed by atoms with Crippen LogP contribution in [0.25, 0.3) is 0 Å². The Balaban J connectivity index is 1.43.